The molecule has 0 amide bonds. The van der Waals surface area contributed by atoms with E-state index in [1.165, 1.54) is 0 Å². The second-order valence-electron chi connectivity index (χ2n) is 3.49. The summed E-state index contributed by atoms with van der Waals surface area (Å²) in [5.41, 5.74) is 2.06. The molecule has 5 heteroatoms. The van der Waals surface area contributed by atoms with Gasteiger partial charge in [0.1, 0.15) is 5.69 Å². The highest BCUT2D eigenvalue weighted by molar-refractivity contribution is 6.33. The third kappa shape index (κ3) is 2.23. The molecule has 0 saturated carbocycles. The van der Waals surface area contributed by atoms with Crippen LogP contribution in [0.5, 0.6) is 0 Å². The molecule has 0 unspecified atom stereocenters. The highest BCUT2D eigenvalue weighted by Crippen LogP contribution is 2.29. The van der Waals surface area contributed by atoms with Crippen LogP contribution >= 0.6 is 11.6 Å². The molecule has 0 spiro atoms. The summed E-state index contributed by atoms with van der Waals surface area (Å²) in [5.74, 6) is 0. The minimum absolute atomic E-state index is 0.169. The third-order valence-corrected chi connectivity index (χ3v) is 2.72. The second-order valence-corrected chi connectivity index (χ2v) is 3.90. The molecule has 4 nitrogen and oxygen atoms in total. The Morgan fingerprint density at radius 3 is 2.82 bits per heavy atom. The number of nitrogens with zero attached hydrogens (tertiary/aromatic N) is 3. The van der Waals surface area contributed by atoms with Crippen molar-refractivity contribution in [3.8, 4) is 11.3 Å². The van der Waals surface area contributed by atoms with Gasteiger partial charge in [-0.15, -0.1) is 11.7 Å². The Morgan fingerprint density at radius 1 is 1.41 bits per heavy atom. The average Bonchev–Trinajstić information content (AvgIpc) is 2.73. The van der Waals surface area contributed by atoms with Crippen LogP contribution in [0.3, 0.4) is 0 Å². The highest BCUT2D eigenvalue weighted by Gasteiger charge is 2.15. The van der Waals surface area contributed by atoms with Crippen molar-refractivity contribution in [3.63, 3.8) is 0 Å². The molecule has 1 heterocycles. The lowest BCUT2D eigenvalue weighted by Crippen LogP contribution is -2.01. The number of allylic oxidation sites excluding steroid dienone is 1. The van der Waals surface area contributed by atoms with E-state index in [2.05, 4.69) is 16.9 Å². The van der Waals surface area contributed by atoms with Gasteiger partial charge in [-0.25, -0.2) is 4.68 Å². The van der Waals surface area contributed by atoms with Crippen molar-refractivity contribution in [2.24, 2.45) is 0 Å². The third-order valence-electron chi connectivity index (χ3n) is 2.39. The molecular formula is C12H12ClN3O. The van der Waals surface area contributed by atoms with E-state index in [9.17, 15) is 5.11 Å². The molecule has 0 radical (unpaired) electrons. The Bertz CT molecular complexity index is 536. The van der Waals surface area contributed by atoms with Crippen LogP contribution in [0.25, 0.3) is 11.3 Å². The standard InChI is InChI=1S/C12H12ClN3O/c1-2-7-16-12(11(8-17)14-15-16)9-5-3-4-6-10(9)13/h2-6,17H,1,7-8H2. The van der Waals surface area contributed by atoms with E-state index in [0.717, 1.165) is 11.3 Å². The van der Waals surface area contributed by atoms with Gasteiger partial charge >= 0.3 is 0 Å². The topological polar surface area (TPSA) is 50.9 Å². The minimum Gasteiger partial charge on any atom is -0.390 e. The zero-order valence-electron chi connectivity index (χ0n) is 9.17. The van der Waals surface area contributed by atoms with Crippen molar-refractivity contribution >= 4 is 11.6 Å². The Labute approximate surface area is 104 Å². The van der Waals surface area contributed by atoms with Crippen LogP contribution in [0.4, 0.5) is 0 Å². The van der Waals surface area contributed by atoms with Crippen LogP contribution in [-0.2, 0) is 13.2 Å². The number of aromatic nitrogens is 3. The number of rotatable bonds is 4. The highest BCUT2D eigenvalue weighted by atomic mass is 35.5. The maximum absolute atomic E-state index is 9.27. The second kappa shape index (κ2) is 5.12. The summed E-state index contributed by atoms with van der Waals surface area (Å²) >= 11 is 6.14. The fourth-order valence-corrected chi connectivity index (χ4v) is 1.88. The van der Waals surface area contributed by atoms with Gasteiger partial charge in [0.05, 0.1) is 23.9 Å². The van der Waals surface area contributed by atoms with Gasteiger partial charge in [-0.05, 0) is 6.07 Å². The average molecular weight is 250 g/mol. The van der Waals surface area contributed by atoms with E-state index in [0.29, 0.717) is 17.3 Å². The van der Waals surface area contributed by atoms with Gasteiger partial charge in [-0.2, -0.15) is 0 Å². The fourth-order valence-electron chi connectivity index (χ4n) is 1.65. The number of halogens is 1. The van der Waals surface area contributed by atoms with E-state index in [4.69, 9.17) is 11.6 Å². The first-order valence-corrected chi connectivity index (χ1v) is 5.54. The summed E-state index contributed by atoms with van der Waals surface area (Å²) in [6, 6.07) is 7.41. The summed E-state index contributed by atoms with van der Waals surface area (Å²) < 4.78 is 1.67. The molecule has 88 valence electrons. The van der Waals surface area contributed by atoms with E-state index < -0.39 is 0 Å². The lowest BCUT2D eigenvalue weighted by molar-refractivity contribution is 0.277. The Kier molecular flexibility index (Phi) is 3.56. The van der Waals surface area contributed by atoms with Gasteiger partial charge in [-0.3, -0.25) is 0 Å². The van der Waals surface area contributed by atoms with Crippen molar-refractivity contribution in [2.75, 3.05) is 0 Å². The molecule has 1 N–H and O–H groups in total. The van der Waals surface area contributed by atoms with Crippen LogP contribution in [0.2, 0.25) is 5.02 Å². The van der Waals surface area contributed by atoms with Crippen LogP contribution in [-0.4, -0.2) is 20.1 Å². The fraction of sp³-hybridized carbons (Fsp3) is 0.167. The van der Waals surface area contributed by atoms with Gasteiger partial charge in [0, 0.05) is 5.56 Å². The van der Waals surface area contributed by atoms with Crippen LogP contribution in [0.1, 0.15) is 5.69 Å². The predicted octanol–water partition coefficient (Wildman–Crippen LogP) is 2.28. The Morgan fingerprint density at radius 2 is 2.18 bits per heavy atom. The number of aliphatic hydroxyl groups is 1. The van der Waals surface area contributed by atoms with Crippen molar-refractivity contribution < 1.29 is 5.11 Å². The maximum Gasteiger partial charge on any atom is 0.116 e. The molecule has 17 heavy (non-hydrogen) atoms. The molecule has 2 rings (SSSR count). The van der Waals surface area contributed by atoms with Crippen molar-refractivity contribution in [2.45, 2.75) is 13.2 Å². The first-order valence-electron chi connectivity index (χ1n) is 5.17. The van der Waals surface area contributed by atoms with E-state index >= 15 is 0 Å². The lowest BCUT2D eigenvalue weighted by Gasteiger charge is -2.07. The molecule has 1 aromatic heterocycles. The quantitative estimate of drug-likeness (QED) is 0.846. The summed E-state index contributed by atoms with van der Waals surface area (Å²) in [5, 5.41) is 17.8. The Hall–Kier alpha value is -1.65. The summed E-state index contributed by atoms with van der Waals surface area (Å²) in [6.07, 6.45) is 1.72. The maximum atomic E-state index is 9.27. The van der Waals surface area contributed by atoms with Gasteiger partial charge < -0.3 is 5.11 Å². The molecule has 0 atom stereocenters. The molecule has 1 aromatic carbocycles. The number of benzene rings is 1. The molecule has 0 aliphatic carbocycles. The van der Waals surface area contributed by atoms with Gasteiger partial charge in [0.2, 0.25) is 0 Å². The largest absolute Gasteiger partial charge is 0.390 e. The lowest BCUT2D eigenvalue weighted by atomic mass is 10.1. The zero-order valence-corrected chi connectivity index (χ0v) is 9.93. The van der Waals surface area contributed by atoms with Crippen molar-refractivity contribution in [1.82, 2.24) is 15.0 Å². The molecular weight excluding hydrogens is 238 g/mol. The summed E-state index contributed by atoms with van der Waals surface area (Å²) in [7, 11) is 0. The van der Waals surface area contributed by atoms with Crippen molar-refractivity contribution in [1.29, 1.82) is 0 Å². The number of aliphatic hydroxyl groups excluding tert-OH is 1. The van der Waals surface area contributed by atoms with E-state index in [1.807, 2.05) is 18.2 Å². The summed E-state index contributed by atoms with van der Waals surface area (Å²) in [6.45, 7) is 4.02. The van der Waals surface area contributed by atoms with Gasteiger partial charge in [-0.1, -0.05) is 41.1 Å². The number of hydrogen-bond donors (Lipinski definition) is 1. The SMILES string of the molecule is C=CCn1nnc(CO)c1-c1ccccc1Cl. The minimum atomic E-state index is -0.169. The Balaban J connectivity index is 2.60. The molecule has 2 aromatic rings. The van der Waals surface area contributed by atoms with Gasteiger partial charge in [0.25, 0.3) is 0 Å². The van der Waals surface area contributed by atoms with E-state index in [1.54, 1.807) is 16.8 Å². The van der Waals surface area contributed by atoms with Crippen LogP contribution in [0, 0.1) is 0 Å². The molecule has 0 aliphatic heterocycles. The van der Waals surface area contributed by atoms with Crippen molar-refractivity contribution in [3.05, 3.63) is 47.6 Å². The smallest absolute Gasteiger partial charge is 0.116 e. The van der Waals surface area contributed by atoms with E-state index in [-0.39, 0.29) is 6.61 Å². The molecule has 0 bridgehead atoms. The summed E-state index contributed by atoms with van der Waals surface area (Å²) in [4.78, 5) is 0. The molecule has 0 aliphatic rings. The van der Waals surface area contributed by atoms with Gasteiger partial charge in [0.15, 0.2) is 0 Å². The van der Waals surface area contributed by atoms with Crippen LogP contribution in [0.15, 0.2) is 36.9 Å². The van der Waals surface area contributed by atoms with Crippen LogP contribution < -0.4 is 0 Å². The number of hydrogen-bond acceptors (Lipinski definition) is 3. The predicted molar refractivity (Wildman–Crippen MR) is 66.6 cm³/mol. The first-order chi connectivity index (χ1) is 8.27. The monoisotopic (exact) mass is 249 g/mol. The normalized spacial score (nSPS) is 10.5. The molecule has 0 fully saturated rings. The molecule has 0 saturated heterocycles. The first kappa shape index (κ1) is 11.8. The zero-order chi connectivity index (χ0) is 12.3.